The summed E-state index contributed by atoms with van der Waals surface area (Å²) in [6.45, 7) is 4.73. The van der Waals surface area contributed by atoms with Crippen molar-refractivity contribution in [3.05, 3.63) is 54.4 Å². The highest BCUT2D eigenvalue weighted by Gasteiger charge is 2.22. The zero-order chi connectivity index (χ0) is 19.4. The lowest BCUT2D eigenvalue weighted by molar-refractivity contribution is 0.191. The first kappa shape index (κ1) is 19.2. The second kappa shape index (κ2) is 7.96. The number of amides is 2. The monoisotopic (exact) mass is 388 g/mol. The van der Waals surface area contributed by atoms with E-state index in [9.17, 15) is 13.2 Å². The molecule has 8 heteroatoms. The molecule has 0 spiro atoms. The first-order valence-corrected chi connectivity index (χ1v) is 10.7. The summed E-state index contributed by atoms with van der Waals surface area (Å²) in [5.74, 6) is 0. The molecule has 0 saturated carbocycles. The number of aromatic nitrogens is 1. The molecule has 1 saturated heterocycles. The van der Waals surface area contributed by atoms with Gasteiger partial charge in [0.1, 0.15) is 0 Å². The van der Waals surface area contributed by atoms with Crippen molar-refractivity contribution < 1.29 is 13.2 Å². The third-order valence-corrected chi connectivity index (χ3v) is 5.87. The zero-order valence-corrected chi connectivity index (χ0v) is 16.3. The van der Waals surface area contributed by atoms with Crippen molar-refractivity contribution in [2.75, 3.05) is 37.3 Å². The van der Waals surface area contributed by atoms with Gasteiger partial charge in [0, 0.05) is 50.5 Å². The maximum absolute atomic E-state index is 12.5. The number of piperazine rings is 1. The van der Waals surface area contributed by atoms with Crippen LogP contribution >= 0.6 is 0 Å². The molecule has 0 radical (unpaired) electrons. The number of benzene rings is 1. The van der Waals surface area contributed by atoms with Crippen LogP contribution in [0.25, 0.3) is 0 Å². The van der Waals surface area contributed by atoms with Crippen molar-refractivity contribution in [1.82, 2.24) is 15.2 Å². The number of urea groups is 1. The SMILES string of the molecule is CC(NC(=O)N1CCN(c2ccncc2)CC1)c1ccc(S(C)(=O)=O)cc1. The summed E-state index contributed by atoms with van der Waals surface area (Å²) in [4.78, 5) is 20.9. The molecule has 7 nitrogen and oxygen atoms in total. The number of carbonyl (C=O) groups is 1. The fraction of sp³-hybridized carbons (Fsp3) is 0.368. The summed E-state index contributed by atoms with van der Waals surface area (Å²) in [6, 6.07) is 10.2. The molecular weight excluding hydrogens is 364 g/mol. The van der Waals surface area contributed by atoms with Crippen molar-refractivity contribution >= 4 is 21.6 Å². The first-order valence-electron chi connectivity index (χ1n) is 8.85. The fourth-order valence-electron chi connectivity index (χ4n) is 3.09. The van der Waals surface area contributed by atoms with Gasteiger partial charge in [-0.25, -0.2) is 13.2 Å². The van der Waals surface area contributed by atoms with Crippen LogP contribution in [0.1, 0.15) is 18.5 Å². The van der Waals surface area contributed by atoms with E-state index in [1.807, 2.05) is 19.1 Å². The molecule has 1 fully saturated rings. The minimum absolute atomic E-state index is 0.107. The van der Waals surface area contributed by atoms with Crippen LogP contribution in [0.3, 0.4) is 0 Å². The van der Waals surface area contributed by atoms with E-state index < -0.39 is 9.84 Å². The Balaban J connectivity index is 1.55. The number of sulfone groups is 1. The van der Waals surface area contributed by atoms with Gasteiger partial charge in [-0.05, 0) is 36.8 Å². The Morgan fingerprint density at radius 1 is 1.04 bits per heavy atom. The largest absolute Gasteiger partial charge is 0.368 e. The van der Waals surface area contributed by atoms with Crippen molar-refractivity contribution in [2.24, 2.45) is 0 Å². The highest BCUT2D eigenvalue weighted by atomic mass is 32.2. The first-order chi connectivity index (χ1) is 12.8. The molecular formula is C19H24N4O3S. The van der Waals surface area contributed by atoms with Crippen molar-refractivity contribution in [2.45, 2.75) is 17.9 Å². The van der Waals surface area contributed by atoms with E-state index in [1.54, 1.807) is 41.6 Å². The fourth-order valence-corrected chi connectivity index (χ4v) is 3.72. The van der Waals surface area contributed by atoms with Crippen molar-refractivity contribution in [1.29, 1.82) is 0 Å². The second-order valence-electron chi connectivity index (χ2n) is 6.69. The summed E-state index contributed by atoms with van der Waals surface area (Å²) in [5.41, 5.74) is 1.98. The van der Waals surface area contributed by atoms with Crippen molar-refractivity contribution in [3.63, 3.8) is 0 Å². The van der Waals surface area contributed by atoms with Crippen LogP contribution in [-0.2, 0) is 9.84 Å². The summed E-state index contributed by atoms with van der Waals surface area (Å²) >= 11 is 0. The normalized spacial score (nSPS) is 16.1. The number of hydrogen-bond donors (Lipinski definition) is 1. The van der Waals surface area contributed by atoms with Crippen LogP contribution in [-0.4, -0.2) is 56.8 Å². The van der Waals surface area contributed by atoms with E-state index in [-0.39, 0.29) is 17.0 Å². The molecule has 1 N–H and O–H groups in total. The van der Waals surface area contributed by atoms with E-state index in [1.165, 1.54) is 6.26 Å². The van der Waals surface area contributed by atoms with E-state index >= 15 is 0 Å². The number of nitrogens with zero attached hydrogens (tertiary/aromatic N) is 3. The van der Waals surface area contributed by atoms with Crippen LogP contribution in [0.4, 0.5) is 10.5 Å². The van der Waals surface area contributed by atoms with Gasteiger partial charge >= 0.3 is 6.03 Å². The smallest absolute Gasteiger partial charge is 0.317 e. The molecule has 0 bridgehead atoms. The number of pyridine rings is 1. The van der Waals surface area contributed by atoms with Gasteiger partial charge in [-0.3, -0.25) is 4.98 Å². The molecule has 2 heterocycles. The Labute approximate surface area is 159 Å². The number of hydrogen-bond acceptors (Lipinski definition) is 5. The van der Waals surface area contributed by atoms with Crippen LogP contribution in [0.5, 0.6) is 0 Å². The minimum Gasteiger partial charge on any atom is -0.368 e. The van der Waals surface area contributed by atoms with Gasteiger partial charge in [-0.1, -0.05) is 12.1 Å². The highest BCUT2D eigenvalue weighted by molar-refractivity contribution is 7.90. The van der Waals surface area contributed by atoms with Crippen LogP contribution in [0, 0.1) is 0 Å². The lowest BCUT2D eigenvalue weighted by Crippen LogP contribution is -2.52. The molecule has 1 aliphatic heterocycles. The Morgan fingerprint density at radius 3 is 2.19 bits per heavy atom. The molecule has 0 aliphatic carbocycles. The molecule has 1 aliphatic rings. The summed E-state index contributed by atoms with van der Waals surface area (Å²) in [6.07, 6.45) is 4.72. The number of anilines is 1. The third-order valence-electron chi connectivity index (χ3n) is 4.74. The lowest BCUT2D eigenvalue weighted by Gasteiger charge is -2.36. The molecule has 144 valence electrons. The van der Waals surface area contributed by atoms with Gasteiger partial charge < -0.3 is 15.1 Å². The molecule has 1 aromatic heterocycles. The Morgan fingerprint density at radius 2 is 1.63 bits per heavy atom. The van der Waals surface area contributed by atoms with Gasteiger partial charge in [0.25, 0.3) is 0 Å². The van der Waals surface area contributed by atoms with Crippen LogP contribution < -0.4 is 10.2 Å². The molecule has 27 heavy (non-hydrogen) atoms. The molecule has 1 unspecified atom stereocenters. The van der Waals surface area contributed by atoms with Crippen molar-refractivity contribution in [3.8, 4) is 0 Å². The quantitative estimate of drug-likeness (QED) is 0.867. The summed E-state index contributed by atoms with van der Waals surface area (Å²) < 4.78 is 23.1. The predicted octanol–water partition coefficient (Wildman–Crippen LogP) is 2.08. The van der Waals surface area contributed by atoms with E-state index in [4.69, 9.17) is 0 Å². The van der Waals surface area contributed by atoms with Gasteiger partial charge in [0.05, 0.1) is 10.9 Å². The highest BCUT2D eigenvalue weighted by Crippen LogP contribution is 2.18. The standard InChI is InChI=1S/C19H24N4O3S/c1-15(16-3-5-18(6-4-16)27(2,25)26)21-19(24)23-13-11-22(12-14-23)17-7-9-20-10-8-17/h3-10,15H,11-14H2,1-2H3,(H,21,24). The van der Waals surface area contributed by atoms with E-state index in [0.717, 1.165) is 24.3 Å². The predicted molar refractivity (Wildman–Crippen MR) is 105 cm³/mol. The van der Waals surface area contributed by atoms with Gasteiger partial charge in [-0.2, -0.15) is 0 Å². The van der Waals surface area contributed by atoms with Crippen LogP contribution in [0.2, 0.25) is 0 Å². The van der Waals surface area contributed by atoms with Gasteiger partial charge in [-0.15, -0.1) is 0 Å². The van der Waals surface area contributed by atoms with Gasteiger partial charge in [0.2, 0.25) is 0 Å². The molecule has 2 aromatic rings. The number of nitrogens with one attached hydrogen (secondary N) is 1. The molecule has 2 amide bonds. The molecule has 1 aromatic carbocycles. The number of carbonyl (C=O) groups excluding carboxylic acids is 1. The van der Waals surface area contributed by atoms with Crippen LogP contribution in [0.15, 0.2) is 53.7 Å². The number of rotatable bonds is 4. The lowest BCUT2D eigenvalue weighted by atomic mass is 10.1. The summed E-state index contributed by atoms with van der Waals surface area (Å²) in [7, 11) is -3.22. The molecule has 1 atom stereocenters. The Bertz CT molecular complexity index is 877. The Kier molecular flexibility index (Phi) is 5.65. The minimum atomic E-state index is -3.22. The second-order valence-corrected chi connectivity index (χ2v) is 8.71. The van der Waals surface area contributed by atoms with E-state index in [2.05, 4.69) is 15.2 Å². The topological polar surface area (TPSA) is 82.6 Å². The molecule has 3 rings (SSSR count). The van der Waals surface area contributed by atoms with Gasteiger partial charge in [0.15, 0.2) is 9.84 Å². The zero-order valence-electron chi connectivity index (χ0n) is 15.5. The average molecular weight is 388 g/mol. The maximum atomic E-state index is 12.5. The third kappa shape index (κ3) is 4.77. The average Bonchev–Trinajstić information content (AvgIpc) is 2.68. The Hall–Kier alpha value is -2.61. The summed E-state index contributed by atoms with van der Waals surface area (Å²) in [5, 5.41) is 2.99. The van der Waals surface area contributed by atoms with E-state index in [0.29, 0.717) is 13.1 Å². The maximum Gasteiger partial charge on any atom is 0.317 e.